The molecule has 3 aromatic rings. The number of halogens is 1. The van der Waals surface area contributed by atoms with Gasteiger partial charge in [0.15, 0.2) is 5.60 Å². The summed E-state index contributed by atoms with van der Waals surface area (Å²) in [6.45, 7) is 4.44. The van der Waals surface area contributed by atoms with E-state index in [9.17, 15) is 19.5 Å². The Hall–Kier alpha value is -4.12. The standard InChI is InChI=1S/C38H39ClN4O5Si/c39-31-23-26-30(22-27(31)36(46)40-12-17-43-34(44)10-11-35(43)45)38(48-37(26)47)28-8-6-24(41-13-4-14-41)20-32(28)49(18-2-1-3-19-49)33-21-25(7-9-29(33)38)42-15-5-16-42/h6-11,20-23,34,44H,1-5,12-19H2,(H,40,46). The molecule has 49 heavy (non-hydrogen) atoms. The van der Waals surface area contributed by atoms with E-state index in [1.165, 1.54) is 70.9 Å². The third kappa shape index (κ3) is 4.56. The number of benzene rings is 3. The van der Waals surface area contributed by atoms with Gasteiger partial charge in [0.25, 0.3) is 5.91 Å². The number of ether oxygens (including phenoxy) is 1. The number of carbonyl (C=O) groups is 3. The van der Waals surface area contributed by atoms with Crippen LogP contribution in [0.5, 0.6) is 0 Å². The number of carbonyl (C=O) groups excluding carboxylic acids is 3. The predicted molar refractivity (Wildman–Crippen MR) is 191 cm³/mol. The highest BCUT2D eigenvalue weighted by Crippen LogP contribution is 2.52. The van der Waals surface area contributed by atoms with Gasteiger partial charge in [0.1, 0.15) is 14.3 Å². The second-order valence-electron chi connectivity index (χ2n) is 14.3. The number of esters is 1. The molecule has 0 saturated carbocycles. The van der Waals surface area contributed by atoms with Gasteiger partial charge in [0.2, 0.25) is 5.91 Å². The SMILES string of the molecule is O=C(NCCN1C(=O)C=CC1O)c1cc2c(cc1Cl)C(=O)OC21c2ccc(N3CCC3)cc2[Si]2(CCCCC2)c2cc(N3CCC3)ccc21. The van der Waals surface area contributed by atoms with E-state index in [2.05, 4.69) is 51.5 Å². The Balaban J connectivity index is 1.19. The molecule has 11 heteroatoms. The van der Waals surface area contributed by atoms with Crippen molar-refractivity contribution in [2.45, 2.75) is 56.0 Å². The Bertz CT molecular complexity index is 1880. The minimum Gasteiger partial charge on any atom is -0.441 e. The van der Waals surface area contributed by atoms with E-state index < -0.39 is 31.8 Å². The maximum absolute atomic E-state index is 13.9. The fourth-order valence-electron chi connectivity index (χ4n) is 8.98. The average molecular weight is 695 g/mol. The van der Waals surface area contributed by atoms with Crippen molar-refractivity contribution in [1.29, 1.82) is 0 Å². The zero-order valence-corrected chi connectivity index (χ0v) is 29.1. The van der Waals surface area contributed by atoms with Crippen molar-refractivity contribution in [3.63, 3.8) is 0 Å². The first-order chi connectivity index (χ1) is 23.8. The fourth-order valence-corrected chi connectivity index (χ4v) is 15.0. The van der Waals surface area contributed by atoms with Crippen molar-refractivity contribution in [3.05, 3.63) is 93.5 Å². The first-order valence-electron chi connectivity index (χ1n) is 17.6. The van der Waals surface area contributed by atoms with E-state index >= 15 is 0 Å². The lowest BCUT2D eigenvalue weighted by Gasteiger charge is -2.49. The molecule has 1 unspecified atom stereocenters. The van der Waals surface area contributed by atoms with E-state index in [0.29, 0.717) is 11.1 Å². The molecule has 3 saturated heterocycles. The molecule has 6 heterocycles. The van der Waals surface area contributed by atoms with Gasteiger partial charge in [-0.3, -0.25) is 9.59 Å². The van der Waals surface area contributed by atoms with Crippen molar-refractivity contribution < 1.29 is 24.2 Å². The quantitative estimate of drug-likeness (QED) is 0.300. The molecule has 2 amide bonds. The van der Waals surface area contributed by atoms with Gasteiger partial charge >= 0.3 is 5.97 Å². The summed E-state index contributed by atoms with van der Waals surface area (Å²) in [7, 11) is -2.28. The van der Waals surface area contributed by atoms with Crippen LogP contribution in [0.15, 0.2) is 60.7 Å². The molecule has 3 fully saturated rings. The van der Waals surface area contributed by atoms with Crippen molar-refractivity contribution in [1.82, 2.24) is 10.2 Å². The molecule has 0 bridgehead atoms. The van der Waals surface area contributed by atoms with Crippen molar-refractivity contribution in [3.8, 4) is 0 Å². The molecule has 252 valence electrons. The van der Waals surface area contributed by atoms with Crippen LogP contribution in [-0.2, 0) is 15.1 Å². The lowest BCUT2D eigenvalue weighted by Crippen LogP contribution is -2.67. The zero-order valence-electron chi connectivity index (χ0n) is 27.3. The van der Waals surface area contributed by atoms with Crippen molar-refractivity contribution in [2.24, 2.45) is 0 Å². The number of aliphatic hydroxyl groups is 1. The summed E-state index contributed by atoms with van der Waals surface area (Å²) in [5.74, 6) is -1.18. The monoisotopic (exact) mass is 694 g/mol. The van der Waals surface area contributed by atoms with E-state index in [1.807, 2.05) is 0 Å². The highest BCUT2D eigenvalue weighted by molar-refractivity contribution is 7.03. The van der Waals surface area contributed by atoms with Crippen LogP contribution < -0.4 is 25.5 Å². The highest BCUT2D eigenvalue weighted by Gasteiger charge is 2.59. The molecule has 0 radical (unpaired) electrons. The van der Waals surface area contributed by atoms with E-state index in [-0.39, 0.29) is 29.6 Å². The van der Waals surface area contributed by atoms with E-state index in [1.54, 1.807) is 12.1 Å². The number of amides is 2. The summed E-state index contributed by atoms with van der Waals surface area (Å²) in [6.07, 6.45) is 7.71. The second-order valence-corrected chi connectivity index (χ2v) is 18.9. The van der Waals surface area contributed by atoms with Gasteiger partial charge in [-0.1, -0.05) is 43.0 Å². The minimum absolute atomic E-state index is 0.121. The number of hydrogen-bond donors (Lipinski definition) is 2. The number of hydrogen-bond acceptors (Lipinski definition) is 7. The van der Waals surface area contributed by atoms with Crippen LogP contribution in [0.4, 0.5) is 11.4 Å². The minimum atomic E-state index is -2.28. The summed E-state index contributed by atoms with van der Waals surface area (Å²) >= 11 is 6.73. The molecule has 6 aliphatic rings. The molecule has 1 atom stereocenters. The first kappa shape index (κ1) is 30.9. The summed E-state index contributed by atoms with van der Waals surface area (Å²) in [6, 6.07) is 19.2. The molecule has 0 aromatic heterocycles. The van der Waals surface area contributed by atoms with Gasteiger partial charge in [-0.15, -0.1) is 0 Å². The summed E-state index contributed by atoms with van der Waals surface area (Å²) in [5, 5.41) is 15.8. The van der Waals surface area contributed by atoms with Gasteiger partial charge in [-0.2, -0.15) is 0 Å². The summed E-state index contributed by atoms with van der Waals surface area (Å²) in [5.41, 5.74) is 4.53. The Morgan fingerprint density at radius 3 is 2.06 bits per heavy atom. The van der Waals surface area contributed by atoms with Crippen LogP contribution in [0.2, 0.25) is 17.1 Å². The van der Waals surface area contributed by atoms with Gasteiger partial charge in [0.05, 0.1) is 16.1 Å². The summed E-state index contributed by atoms with van der Waals surface area (Å²) < 4.78 is 6.68. The Morgan fingerprint density at radius 1 is 0.878 bits per heavy atom. The number of aliphatic hydroxyl groups excluding tert-OH is 1. The molecule has 2 N–H and O–H groups in total. The predicted octanol–water partition coefficient (Wildman–Crippen LogP) is 3.73. The van der Waals surface area contributed by atoms with Crippen LogP contribution >= 0.6 is 11.6 Å². The van der Waals surface area contributed by atoms with Crippen LogP contribution in [0.3, 0.4) is 0 Å². The van der Waals surface area contributed by atoms with Gasteiger partial charge in [-0.05, 0) is 77.8 Å². The average Bonchev–Trinajstić information content (AvgIpc) is 3.53. The van der Waals surface area contributed by atoms with Crippen molar-refractivity contribution >= 4 is 59.2 Å². The number of fused-ring (bicyclic) bond motifs is 8. The van der Waals surface area contributed by atoms with Crippen LogP contribution in [0, 0.1) is 0 Å². The van der Waals surface area contributed by atoms with E-state index in [0.717, 1.165) is 49.4 Å². The molecule has 9 rings (SSSR count). The van der Waals surface area contributed by atoms with Crippen LogP contribution in [-0.4, -0.2) is 81.4 Å². The van der Waals surface area contributed by atoms with Gasteiger partial charge in [0, 0.05) is 73.4 Å². The maximum Gasteiger partial charge on any atom is 0.340 e. The molecular formula is C38H39ClN4O5Si. The smallest absolute Gasteiger partial charge is 0.340 e. The lowest BCUT2D eigenvalue weighted by atomic mass is 9.78. The second kappa shape index (κ2) is 11.5. The van der Waals surface area contributed by atoms with Gasteiger partial charge < -0.3 is 29.9 Å². The topological polar surface area (TPSA) is 102 Å². The molecule has 9 nitrogen and oxygen atoms in total. The van der Waals surface area contributed by atoms with Crippen molar-refractivity contribution in [2.75, 3.05) is 49.1 Å². The number of nitrogens with one attached hydrogen (secondary N) is 1. The van der Waals surface area contributed by atoms with Gasteiger partial charge in [-0.25, -0.2) is 4.79 Å². The maximum atomic E-state index is 13.9. The fraction of sp³-hybridized carbons (Fsp3) is 0.395. The third-order valence-electron chi connectivity index (χ3n) is 11.8. The Morgan fingerprint density at radius 2 is 1.51 bits per heavy atom. The lowest BCUT2D eigenvalue weighted by molar-refractivity contribution is -0.130. The molecule has 6 aliphatic heterocycles. The Kier molecular flexibility index (Phi) is 7.23. The molecule has 0 aliphatic carbocycles. The highest BCUT2D eigenvalue weighted by atomic mass is 35.5. The van der Waals surface area contributed by atoms with Crippen LogP contribution in [0.1, 0.15) is 69.5 Å². The first-order valence-corrected chi connectivity index (χ1v) is 20.4. The molecular weight excluding hydrogens is 656 g/mol. The molecule has 2 spiro atoms. The number of rotatable bonds is 6. The molecule has 3 aromatic carbocycles. The normalized spacial score (nSPS) is 22.4. The Labute approximate surface area is 291 Å². The summed E-state index contributed by atoms with van der Waals surface area (Å²) in [4.78, 5) is 45.9. The van der Waals surface area contributed by atoms with E-state index in [4.69, 9.17) is 16.3 Å². The van der Waals surface area contributed by atoms with Crippen LogP contribution in [0.25, 0.3) is 0 Å². The third-order valence-corrected chi connectivity index (χ3v) is 17.4. The number of anilines is 2. The largest absolute Gasteiger partial charge is 0.441 e. The number of nitrogens with zero attached hydrogens (tertiary/aromatic N) is 3. The zero-order chi connectivity index (χ0) is 33.5.